The monoisotopic (exact) mass is 281 g/mol. The minimum Gasteiger partial charge on any atom is -0.398 e. The van der Waals surface area contributed by atoms with Crippen LogP contribution >= 0.6 is 0 Å². The van der Waals surface area contributed by atoms with E-state index in [9.17, 15) is 4.21 Å². The third kappa shape index (κ3) is 2.62. The zero-order valence-electron chi connectivity index (χ0n) is 12.3. The molecule has 104 valence electrons. The summed E-state index contributed by atoms with van der Waals surface area (Å²) in [7, 11) is -1.62. The summed E-state index contributed by atoms with van der Waals surface area (Å²) < 4.78 is 23.5. The topological polar surface area (TPSA) is 48.4 Å². The van der Waals surface area contributed by atoms with Gasteiger partial charge in [0.1, 0.15) is 5.03 Å². The van der Waals surface area contributed by atoms with Crippen LogP contribution in [0.3, 0.4) is 0 Å². The Hall–Kier alpha value is -0.715. The van der Waals surface area contributed by atoms with Crippen molar-refractivity contribution in [1.29, 1.82) is 0 Å². The lowest BCUT2D eigenvalue weighted by molar-refractivity contribution is 0.00578. The second-order valence-electron chi connectivity index (χ2n) is 5.90. The highest BCUT2D eigenvalue weighted by atomic mass is 32.2. The van der Waals surface area contributed by atoms with Gasteiger partial charge in [0.05, 0.1) is 27.6 Å². The first-order valence-electron chi connectivity index (χ1n) is 6.31. The lowest BCUT2D eigenvalue weighted by Gasteiger charge is -2.32. The zero-order chi connectivity index (χ0) is 14.4. The number of hydrogen-bond donors (Lipinski definition) is 0. The van der Waals surface area contributed by atoms with Gasteiger partial charge in [-0.05, 0) is 46.2 Å². The maximum atomic E-state index is 11.7. The highest BCUT2D eigenvalue weighted by Gasteiger charge is 2.52. The molecule has 2 rings (SSSR count). The summed E-state index contributed by atoms with van der Waals surface area (Å²) in [6.45, 7) is 9.90. The molecule has 1 saturated heterocycles. The van der Waals surface area contributed by atoms with Crippen molar-refractivity contribution in [1.82, 2.24) is 4.98 Å². The van der Waals surface area contributed by atoms with E-state index < -0.39 is 29.1 Å². The molecule has 0 amide bonds. The molecule has 1 aromatic rings. The van der Waals surface area contributed by atoms with E-state index in [1.807, 2.05) is 46.8 Å². The molecule has 1 aliphatic heterocycles. The van der Waals surface area contributed by atoms with Crippen molar-refractivity contribution >= 4 is 23.5 Å². The summed E-state index contributed by atoms with van der Waals surface area (Å²) >= 11 is 0. The van der Waals surface area contributed by atoms with E-state index in [-0.39, 0.29) is 0 Å². The van der Waals surface area contributed by atoms with Gasteiger partial charge in [-0.2, -0.15) is 0 Å². The van der Waals surface area contributed by atoms with Gasteiger partial charge in [0.25, 0.3) is 0 Å². The maximum absolute atomic E-state index is 11.7. The van der Waals surface area contributed by atoms with Crippen LogP contribution in [0.25, 0.3) is 0 Å². The van der Waals surface area contributed by atoms with Crippen LogP contribution < -0.4 is 5.59 Å². The molecule has 2 heterocycles. The average Bonchev–Trinajstić information content (AvgIpc) is 2.48. The second-order valence-corrected chi connectivity index (χ2v) is 7.20. The minimum absolute atomic E-state index is 0.393. The first kappa shape index (κ1) is 14.7. The van der Waals surface area contributed by atoms with Crippen molar-refractivity contribution in [2.45, 2.75) is 50.8 Å². The highest BCUT2D eigenvalue weighted by Crippen LogP contribution is 2.36. The Morgan fingerprint density at radius 1 is 1.16 bits per heavy atom. The molecule has 0 bridgehead atoms. The fraction of sp³-hybridized carbons (Fsp3) is 0.615. The molecule has 1 unspecified atom stereocenters. The van der Waals surface area contributed by atoms with E-state index >= 15 is 0 Å². The SMILES string of the molecule is Cc1ccc(B2OC(C)(C)C(C)(C)O2)nc1S(C)=O. The van der Waals surface area contributed by atoms with Gasteiger partial charge in [-0.3, -0.25) is 4.21 Å². The molecule has 0 aliphatic carbocycles. The first-order chi connectivity index (χ1) is 8.64. The summed E-state index contributed by atoms with van der Waals surface area (Å²) in [5.41, 5.74) is 0.807. The van der Waals surface area contributed by atoms with Crippen molar-refractivity contribution in [3.8, 4) is 0 Å². The molecule has 4 nitrogen and oxygen atoms in total. The molecular formula is C13H20BNO3S. The lowest BCUT2D eigenvalue weighted by atomic mass is 9.84. The quantitative estimate of drug-likeness (QED) is 0.769. The van der Waals surface area contributed by atoms with Gasteiger partial charge in [-0.1, -0.05) is 6.07 Å². The maximum Gasteiger partial charge on any atom is 0.514 e. The van der Waals surface area contributed by atoms with Crippen molar-refractivity contribution in [2.24, 2.45) is 0 Å². The van der Waals surface area contributed by atoms with E-state index in [4.69, 9.17) is 9.31 Å². The van der Waals surface area contributed by atoms with E-state index in [1.54, 1.807) is 6.26 Å². The number of rotatable bonds is 2. The fourth-order valence-corrected chi connectivity index (χ4v) is 2.67. The summed E-state index contributed by atoms with van der Waals surface area (Å²) in [5, 5.41) is 0.590. The predicted octanol–water partition coefficient (Wildman–Crippen LogP) is 1.43. The van der Waals surface area contributed by atoms with Gasteiger partial charge in [-0.15, -0.1) is 0 Å². The van der Waals surface area contributed by atoms with Gasteiger partial charge in [-0.25, -0.2) is 4.98 Å². The summed E-state index contributed by atoms with van der Waals surface area (Å²) in [5.74, 6) is 0. The van der Waals surface area contributed by atoms with Crippen LogP contribution in [0.15, 0.2) is 17.2 Å². The molecule has 19 heavy (non-hydrogen) atoms. The number of aromatic nitrogens is 1. The first-order valence-corrected chi connectivity index (χ1v) is 7.86. The third-order valence-electron chi connectivity index (χ3n) is 3.84. The fourth-order valence-electron chi connectivity index (χ4n) is 1.91. The third-order valence-corrected chi connectivity index (χ3v) is 4.80. The van der Waals surface area contributed by atoms with Gasteiger partial charge < -0.3 is 9.31 Å². The molecule has 1 atom stereocenters. The van der Waals surface area contributed by atoms with Gasteiger partial charge in [0, 0.05) is 6.26 Å². The van der Waals surface area contributed by atoms with Crippen LogP contribution in [0, 0.1) is 6.92 Å². The van der Waals surface area contributed by atoms with Crippen LogP contribution in [0.2, 0.25) is 0 Å². The van der Waals surface area contributed by atoms with Gasteiger partial charge in [0.2, 0.25) is 0 Å². The Labute approximate surface area is 117 Å². The normalized spacial score (nSPS) is 22.5. The van der Waals surface area contributed by atoms with Gasteiger partial charge in [0.15, 0.2) is 0 Å². The molecule has 0 N–H and O–H groups in total. The van der Waals surface area contributed by atoms with Crippen LogP contribution in [-0.2, 0) is 20.1 Å². The number of nitrogens with zero attached hydrogens (tertiary/aromatic N) is 1. The average molecular weight is 281 g/mol. The largest absolute Gasteiger partial charge is 0.514 e. The summed E-state index contributed by atoms with van der Waals surface area (Å²) in [6.07, 6.45) is 1.63. The van der Waals surface area contributed by atoms with Crippen LogP contribution in [-0.4, -0.2) is 33.8 Å². The second kappa shape index (κ2) is 4.68. The number of hydrogen-bond acceptors (Lipinski definition) is 4. The van der Waals surface area contributed by atoms with E-state index in [0.29, 0.717) is 10.6 Å². The minimum atomic E-state index is -1.11. The molecule has 0 saturated carbocycles. The van der Waals surface area contributed by atoms with Gasteiger partial charge >= 0.3 is 7.12 Å². The van der Waals surface area contributed by atoms with Crippen molar-refractivity contribution in [3.63, 3.8) is 0 Å². The van der Waals surface area contributed by atoms with Crippen LogP contribution in [0.4, 0.5) is 0 Å². The Morgan fingerprint density at radius 2 is 1.68 bits per heavy atom. The zero-order valence-corrected chi connectivity index (χ0v) is 13.1. The van der Waals surface area contributed by atoms with Crippen LogP contribution in [0.1, 0.15) is 33.3 Å². The summed E-state index contributed by atoms with van der Waals surface area (Å²) in [4.78, 5) is 4.43. The lowest BCUT2D eigenvalue weighted by Crippen LogP contribution is -2.41. The van der Waals surface area contributed by atoms with Crippen molar-refractivity contribution in [2.75, 3.05) is 6.26 Å². The van der Waals surface area contributed by atoms with E-state index in [0.717, 1.165) is 5.56 Å². The molecule has 0 aromatic carbocycles. The number of aryl methyl sites for hydroxylation is 1. The molecule has 0 radical (unpaired) electrons. The van der Waals surface area contributed by atoms with E-state index in [2.05, 4.69) is 4.98 Å². The van der Waals surface area contributed by atoms with E-state index in [1.165, 1.54) is 0 Å². The molecule has 6 heteroatoms. The number of pyridine rings is 1. The smallest absolute Gasteiger partial charge is 0.398 e. The molecular weight excluding hydrogens is 261 g/mol. The molecule has 1 aromatic heterocycles. The highest BCUT2D eigenvalue weighted by molar-refractivity contribution is 7.84. The summed E-state index contributed by atoms with van der Waals surface area (Å²) in [6, 6.07) is 3.78. The van der Waals surface area contributed by atoms with Crippen molar-refractivity contribution in [3.05, 3.63) is 17.7 Å². The Balaban J connectivity index is 2.35. The van der Waals surface area contributed by atoms with Crippen molar-refractivity contribution < 1.29 is 13.5 Å². The Morgan fingerprint density at radius 3 is 2.16 bits per heavy atom. The molecule has 0 spiro atoms. The standard InChI is InChI=1S/C13H20BNO3S/c1-9-7-8-10(15-11(9)19(6)16)14-17-12(2,3)13(4,5)18-14/h7-8H,1-6H3. The molecule has 1 aliphatic rings. The molecule has 1 fully saturated rings. The Kier molecular flexibility index (Phi) is 3.62. The Bertz CT molecular complexity index is 515. The van der Waals surface area contributed by atoms with Crippen LogP contribution in [0.5, 0.6) is 0 Å². The predicted molar refractivity (Wildman–Crippen MR) is 77.0 cm³/mol.